The minimum absolute atomic E-state index is 0.0894. The van der Waals surface area contributed by atoms with Crippen LogP contribution in [0.25, 0.3) is 64.3 Å². The van der Waals surface area contributed by atoms with E-state index in [9.17, 15) is 9.59 Å². The standard InChI is InChI=1S/C24H10Br2N4O2S/c25-9-1-5-15-13(7-9)27-21-19-17-11(23(31)29(15)21)3-4-12-18(17)20(33-19)22-28-14-8-10(26)2-6-16(14)30(22)24(12)32/h1-8,27-28H. The van der Waals surface area contributed by atoms with Crippen molar-refractivity contribution in [3.63, 3.8) is 0 Å². The molecule has 0 aliphatic rings. The van der Waals surface area contributed by atoms with Gasteiger partial charge in [0.25, 0.3) is 11.1 Å². The van der Waals surface area contributed by atoms with Crippen molar-refractivity contribution in [2.45, 2.75) is 0 Å². The number of H-pyrrole nitrogens is 2. The molecule has 33 heavy (non-hydrogen) atoms. The van der Waals surface area contributed by atoms with Crippen LogP contribution in [-0.2, 0) is 0 Å². The number of imidazole rings is 2. The Morgan fingerprint density at radius 2 is 1.12 bits per heavy atom. The molecular formula is C24H10Br2N4O2S. The molecule has 9 heteroatoms. The van der Waals surface area contributed by atoms with E-state index in [1.165, 1.54) is 0 Å². The lowest BCUT2D eigenvalue weighted by Crippen LogP contribution is -2.15. The zero-order chi connectivity index (χ0) is 22.2. The SMILES string of the molecule is O=c1c2ccc3c(=O)n4c5ccc(Br)cc5[nH]c4c4sc(c2c34)c2[nH]c3cc(Br)ccc3n12. The van der Waals surface area contributed by atoms with Crippen LogP contribution in [0.15, 0.2) is 67.1 Å². The van der Waals surface area contributed by atoms with Crippen LogP contribution in [0.3, 0.4) is 0 Å². The molecule has 0 saturated heterocycles. The Labute approximate surface area is 203 Å². The van der Waals surface area contributed by atoms with Gasteiger partial charge in [0.1, 0.15) is 11.3 Å². The van der Waals surface area contributed by atoms with Crippen molar-refractivity contribution in [3.05, 3.63) is 78.2 Å². The number of nitrogens with one attached hydrogen (secondary N) is 2. The zero-order valence-corrected chi connectivity index (χ0v) is 20.5. The highest BCUT2D eigenvalue weighted by Gasteiger charge is 2.24. The molecule has 158 valence electrons. The summed E-state index contributed by atoms with van der Waals surface area (Å²) in [5.74, 6) is 0. The fourth-order valence-electron chi connectivity index (χ4n) is 5.16. The lowest BCUT2D eigenvalue weighted by atomic mass is 10.0. The third-order valence-corrected chi connectivity index (χ3v) is 8.70. The van der Waals surface area contributed by atoms with Gasteiger partial charge in [0.2, 0.25) is 0 Å². The summed E-state index contributed by atoms with van der Waals surface area (Å²) in [6.45, 7) is 0. The lowest BCUT2D eigenvalue weighted by Gasteiger charge is -2.04. The normalized spacial score (nSPS) is 12.8. The number of benzene rings is 3. The van der Waals surface area contributed by atoms with Crippen molar-refractivity contribution in [2.75, 3.05) is 0 Å². The number of thiophene rings is 1. The van der Waals surface area contributed by atoms with Gasteiger partial charge in [0.15, 0.2) is 0 Å². The molecule has 0 radical (unpaired) electrons. The number of nitrogens with zero attached hydrogens (tertiary/aromatic N) is 2. The van der Waals surface area contributed by atoms with E-state index in [-0.39, 0.29) is 11.1 Å². The van der Waals surface area contributed by atoms with Gasteiger partial charge in [0.05, 0.1) is 31.5 Å². The monoisotopic (exact) mass is 576 g/mol. The number of aromatic nitrogens is 4. The first kappa shape index (κ1) is 18.3. The summed E-state index contributed by atoms with van der Waals surface area (Å²) in [5.41, 5.74) is 4.72. The molecule has 0 amide bonds. The molecule has 5 aromatic heterocycles. The maximum Gasteiger partial charge on any atom is 0.264 e. The van der Waals surface area contributed by atoms with E-state index in [0.29, 0.717) is 10.8 Å². The molecule has 0 aliphatic carbocycles. The fraction of sp³-hybridized carbons (Fsp3) is 0. The molecule has 2 N–H and O–H groups in total. The molecule has 0 unspecified atom stereocenters. The number of aromatic amines is 2. The second kappa shape index (κ2) is 5.85. The van der Waals surface area contributed by atoms with Crippen LogP contribution < -0.4 is 11.1 Å². The van der Waals surface area contributed by atoms with Crippen LogP contribution in [0.1, 0.15) is 0 Å². The average Bonchev–Trinajstić information content (AvgIpc) is 3.47. The summed E-state index contributed by atoms with van der Waals surface area (Å²) < 4.78 is 7.29. The quantitative estimate of drug-likeness (QED) is 0.206. The van der Waals surface area contributed by atoms with Gasteiger partial charge in [-0.25, -0.2) is 0 Å². The van der Waals surface area contributed by atoms with Crippen LogP contribution in [0.2, 0.25) is 0 Å². The number of fused-ring (bicyclic) bond motifs is 8. The van der Waals surface area contributed by atoms with Gasteiger partial charge in [-0.1, -0.05) is 31.9 Å². The minimum atomic E-state index is -0.0894. The largest absolute Gasteiger partial charge is 0.338 e. The molecule has 0 atom stereocenters. The van der Waals surface area contributed by atoms with E-state index in [1.807, 2.05) is 36.4 Å². The number of rotatable bonds is 0. The van der Waals surface area contributed by atoms with Gasteiger partial charge in [0, 0.05) is 30.5 Å². The van der Waals surface area contributed by atoms with Gasteiger partial charge in [-0.15, -0.1) is 11.3 Å². The molecule has 8 rings (SSSR count). The fourth-order valence-corrected chi connectivity index (χ4v) is 7.19. The summed E-state index contributed by atoms with van der Waals surface area (Å²) in [6, 6.07) is 15.3. The predicted molar refractivity (Wildman–Crippen MR) is 142 cm³/mol. The van der Waals surface area contributed by atoms with Crippen molar-refractivity contribution in [1.82, 2.24) is 18.8 Å². The smallest absolute Gasteiger partial charge is 0.264 e. The van der Waals surface area contributed by atoms with Gasteiger partial charge in [-0.05, 0) is 48.5 Å². The Bertz CT molecular complexity index is 2110. The van der Waals surface area contributed by atoms with Crippen LogP contribution in [0.4, 0.5) is 0 Å². The first-order chi connectivity index (χ1) is 16.0. The number of hydrogen-bond acceptors (Lipinski definition) is 3. The number of pyridine rings is 2. The Kier molecular flexibility index (Phi) is 3.25. The van der Waals surface area contributed by atoms with E-state index in [4.69, 9.17) is 0 Å². The lowest BCUT2D eigenvalue weighted by molar-refractivity contribution is 1.19. The third-order valence-electron chi connectivity index (χ3n) is 6.51. The molecule has 6 nitrogen and oxygen atoms in total. The van der Waals surface area contributed by atoms with Crippen LogP contribution >= 0.6 is 43.2 Å². The highest BCUT2D eigenvalue weighted by Crippen LogP contribution is 2.43. The van der Waals surface area contributed by atoms with E-state index in [2.05, 4.69) is 41.8 Å². The highest BCUT2D eigenvalue weighted by molar-refractivity contribution is 9.10. The number of halogens is 2. The van der Waals surface area contributed by atoms with Gasteiger partial charge in [-0.3, -0.25) is 18.4 Å². The third kappa shape index (κ3) is 2.09. The van der Waals surface area contributed by atoms with E-state index >= 15 is 0 Å². The molecular weight excluding hydrogens is 568 g/mol. The van der Waals surface area contributed by atoms with Gasteiger partial charge < -0.3 is 9.97 Å². The Morgan fingerprint density at radius 3 is 1.58 bits per heavy atom. The van der Waals surface area contributed by atoms with Crippen LogP contribution in [0, 0.1) is 0 Å². The van der Waals surface area contributed by atoms with Crippen molar-refractivity contribution >= 4 is 108 Å². The van der Waals surface area contributed by atoms with Crippen LogP contribution in [-0.4, -0.2) is 18.8 Å². The van der Waals surface area contributed by atoms with E-state index < -0.39 is 0 Å². The summed E-state index contributed by atoms with van der Waals surface area (Å²) in [5, 5.41) is 2.94. The molecule has 3 aromatic carbocycles. The molecule has 8 aromatic rings. The van der Waals surface area contributed by atoms with Crippen LogP contribution in [0.5, 0.6) is 0 Å². The van der Waals surface area contributed by atoms with E-state index in [0.717, 1.165) is 62.5 Å². The van der Waals surface area contributed by atoms with E-state index in [1.54, 1.807) is 32.3 Å². The Balaban J connectivity index is 1.72. The Hall–Kier alpha value is -3.14. The summed E-state index contributed by atoms with van der Waals surface area (Å²) >= 11 is 8.64. The van der Waals surface area contributed by atoms with Crippen molar-refractivity contribution < 1.29 is 0 Å². The minimum Gasteiger partial charge on any atom is -0.338 e. The maximum atomic E-state index is 13.6. The van der Waals surface area contributed by atoms with Crippen molar-refractivity contribution in [2.24, 2.45) is 0 Å². The molecule has 0 saturated carbocycles. The second-order valence-electron chi connectivity index (χ2n) is 8.22. The molecule has 0 fully saturated rings. The van der Waals surface area contributed by atoms with Crippen molar-refractivity contribution in [3.8, 4) is 0 Å². The summed E-state index contributed by atoms with van der Waals surface area (Å²) in [6.07, 6.45) is 0. The second-order valence-corrected chi connectivity index (χ2v) is 11.1. The van der Waals surface area contributed by atoms with Gasteiger partial charge in [-0.2, -0.15) is 0 Å². The maximum absolute atomic E-state index is 13.6. The Morgan fingerprint density at radius 1 is 0.667 bits per heavy atom. The van der Waals surface area contributed by atoms with Crippen molar-refractivity contribution in [1.29, 1.82) is 0 Å². The predicted octanol–water partition coefficient (Wildman–Crippen LogP) is 6.36. The molecule has 0 spiro atoms. The molecule has 0 aliphatic heterocycles. The average molecular weight is 578 g/mol. The topological polar surface area (TPSA) is 74.5 Å². The highest BCUT2D eigenvalue weighted by atomic mass is 79.9. The van der Waals surface area contributed by atoms with Gasteiger partial charge >= 0.3 is 0 Å². The summed E-state index contributed by atoms with van der Waals surface area (Å²) in [4.78, 5) is 34.1. The first-order valence-electron chi connectivity index (χ1n) is 10.2. The molecule has 0 bridgehead atoms. The molecule has 5 heterocycles. The number of hydrogen-bond donors (Lipinski definition) is 2. The zero-order valence-electron chi connectivity index (χ0n) is 16.5. The first-order valence-corrected chi connectivity index (χ1v) is 12.6. The summed E-state index contributed by atoms with van der Waals surface area (Å²) in [7, 11) is 0.